The maximum absolute atomic E-state index is 5.79. The molecule has 4 nitrogen and oxygen atoms in total. The van der Waals surface area contributed by atoms with Gasteiger partial charge in [-0.15, -0.1) is 0 Å². The van der Waals surface area contributed by atoms with Crippen LogP contribution in [0.2, 0.25) is 0 Å². The van der Waals surface area contributed by atoms with Gasteiger partial charge in [0.25, 0.3) is 0 Å². The highest BCUT2D eigenvalue weighted by Crippen LogP contribution is 2.65. The number of ether oxygens (including phenoxy) is 1. The molecule has 30 heavy (non-hydrogen) atoms. The molecule has 0 aliphatic heterocycles. The van der Waals surface area contributed by atoms with Crippen LogP contribution in [0, 0.1) is 52.8 Å². The molecule has 0 N–H and O–H groups in total. The molecular weight excluding hydrogens is 370 g/mol. The van der Waals surface area contributed by atoms with Crippen LogP contribution in [0.5, 0.6) is 0 Å². The summed E-state index contributed by atoms with van der Waals surface area (Å²) in [6.45, 7) is 10.1. The summed E-state index contributed by atoms with van der Waals surface area (Å²) >= 11 is 0. The van der Waals surface area contributed by atoms with Crippen molar-refractivity contribution >= 4 is 0 Å². The molecule has 0 radical (unpaired) electrons. The monoisotopic (exact) mass is 413 g/mol. The van der Waals surface area contributed by atoms with E-state index in [4.69, 9.17) is 4.74 Å². The molecule has 0 spiro atoms. The predicted octanol–water partition coefficient (Wildman–Crippen LogP) is 5.84. The molecule has 0 amide bonds. The number of hydrogen-bond donors (Lipinski definition) is 0. The zero-order chi connectivity index (χ0) is 20.7. The highest BCUT2D eigenvalue weighted by atomic mass is 16.5. The van der Waals surface area contributed by atoms with Crippen molar-refractivity contribution in [3.05, 3.63) is 12.4 Å². The van der Waals surface area contributed by atoms with Gasteiger partial charge in [-0.25, -0.2) is 0 Å². The molecular formula is C26H43N3O. The van der Waals surface area contributed by atoms with E-state index in [0.29, 0.717) is 11.3 Å². The van der Waals surface area contributed by atoms with Crippen LogP contribution in [0.1, 0.15) is 78.6 Å². The zero-order valence-electron chi connectivity index (χ0n) is 19.5. The largest absolute Gasteiger partial charge is 0.381 e. The fourth-order valence-corrected chi connectivity index (χ4v) is 9.08. The minimum Gasteiger partial charge on any atom is -0.381 e. The number of fused-ring (bicyclic) bond motifs is 5. The molecule has 4 aliphatic rings. The Kier molecular flexibility index (Phi) is 5.98. The van der Waals surface area contributed by atoms with Crippen molar-refractivity contribution in [1.82, 2.24) is 15.0 Å². The van der Waals surface area contributed by atoms with Gasteiger partial charge in [-0.3, -0.25) is 0 Å². The lowest BCUT2D eigenvalue weighted by Crippen LogP contribution is -2.49. The van der Waals surface area contributed by atoms with Crippen molar-refractivity contribution in [2.75, 3.05) is 13.2 Å². The second-order valence-corrected chi connectivity index (χ2v) is 11.6. The van der Waals surface area contributed by atoms with E-state index in [9.17, 15) is 0 Å². The SMILES string of the molecule is CCOCC1CCC2C(CCC3C2CCC2(C)C3CCC2[C@H](C)Cn2nccn2)C1. The Bertz CT molecular complexity index is 690. The standard InChI is InChI=1S/C26H43N3O/c1-4-30-17-19-5-7-21-20(15-19)6-8-23-22(21)11-12-26(3)24(9-10-25(23)26)18(2)16-29-27-13-14-28-29/h13-14,18-25H,4-12,15-17H2,1-3H3/t18-,19?,20?,21?,22?,23?,24?,25?,26?/m1/s1. The molecule has 8 unspecified atom stereocenters. The summed E-state index contributed by atoms with van der Waals surface area (Å²) in [7, 11) is 0. The maximum atomic E-state index is 5.79. The topological polar surface area (TPSA) is 39.9 Å². The molecule has 4 heteroatoms. The van der Waals surface area contributed by atoms with E-state index >= 15 is 0 Å². The fraction of sp³-hybridized carbons (Fsp3) is 0.923. The smallest absolute Gasteiger partial charge is 0.0693 e. The second-order valence-electron chi connectivity index (χ2n) is 11.6. The molecule has 4 fully saturated rings. The number of hydrogen-bond acceptors (Lipinski definition) is 3. The first-order chi connectivity index (χ1) is 14.6. The number of rotatable bonds is 6. The fourth-order valence-electron chi connectivity index (χ4n) is 9.08. The van der Waals surface area contributed by atoms with Crippen molar-refractivity contribution in [2.45, 2.75) is 85.1 Å². The summed E-state index contributed by atoms with van der Waals surface area (Å²) in [6, 6.07) is 0. The minimum absolute atomic E-state index is 0.548. The number of aromatic nitrogens is 3. The summed E-state index contributed by atoms with van der Waals surface area (Å²) in [6.07, 6.45) is 16.9. The minimum atomic E-state index is 0.548. The third-order valence-corrected chi connectivity index (χ3v) is 10.3. The maximum Gasteiger partial charge on any atom is 0.0693 e. The van der Waals surface area contributed by atoms with Crippen LogP contribution < -0.4 is 0 Å². The molecule has 1 aromatic heterocycles. The van der Waals surface area contributed by atoms with E-state index in [0.717, 1.165) is 61.2 Å². The third-order valence-electron chi connectivity index (χ3n) is 10.3. The van der Waals surface area contributed by atoms with E-state index in [1.165, 1.54) is 57.8 Å². The van der Waals surface area contributed by atoms with Crippen LogP contribution in [0.4, 0.5) is 0 Å². The molecule has 5 rings (SSSR count). The Hall–Kier alpha value is -0.900. The predicted molar refractivity (Wildman–Crippen MR) is 120 cm³/mol. The summed E-state index contributed by atoms with van der Waals surface area (Å²) in [5, 5.41) is 8.77. The van der Waals surface area contributed by atoms with Gasteiger partial charge in [-0.2, -0.15) is 15.0 Å². The second kappa shape index (κ2) is 8.56. The summed E-state index contributed by atoms with van der Waals surface area (Å²) in [4.78, 5) is 1.92. The average molecular weight is 414 g/mol. The van der Waals surface area contributed by atoms with Gasteiger partial charge >= 0.3 is 0 Å². The van der Waals surface area contributed by atoms with E-state index < -0.39 is 0 Å². The first kappa shape index (κ1) is 21.0. The lowest BCUT2D eigenvalue weighted by Gasteiger charge is -2.56. The van der Waals surface area contributed by atoms with E-state index in [-0.39, 0.29) is 0 Å². The van der Waals surface area contributed by atoms with Gasteiger partial charge in [-0.05, 0) is 117 Å². The Labute approximate surface area is 183 Å². The zero-order valence-corrected chi connectivity index (χ0v) is 19.5. The van der Waals surface area contributed by atoms with Gasteiger partial charge in [0.1, 0.15) is 0 Å². The van der Waals surface area contributed by atoms with E-state index in [1.54, 1.807) is 0 Å². The third kappa shape index (κ3) is 3.65. The summed E-state index contributed by atoms with van der Waals surface area (Å²) in [5.41, 5.74) is 0.548. The molecule has 4 saturated carbocycles. The molecule has 0 aromatic carbocycles. The summed E-state index contributed by atoms with van der Waals surface area (Å²) in [5.74, 6) is 7.38. The van der Waals surface area contributed by atoms with Gasteiger partial charge in [-0.1, -0.05) is 13.8 Å². The van der Waals surface area contributed by atoms with Gasteiger partial charge in [0.15, 0.2) is 0 Å². The van der Waals surface area contributed by atoms with Gasteiger partial charge in [0, 0.05) is 13.2 Å². The lowest BCUT2D eigenvalue weighted by molar-refractivity contribution is -0.0787. The Morgan fingerprint density at radius 1 is 1.00 bits per heavy atom. The summed E-state index contributed by atoms with van der Waals surface area (Å²) < 4.78 is 5.79. The van der Waals surface area contributed by atoms with Crippen LogP contribution in [0.15, 0.2) is 12.4 Å². The average Bonchev–Trinajstić information content (AvgIpc) is 3.38. The first-order valence-corrected chi connectivity index (χ1v) is 13.0. The highest BCUT2D eigenvalue weighted by molar-refractivity contribution is 5.06. The van der Waals surface area contributed by atoms with Crippen LogP contribution in [0.25, 0.3) is 0 Å². The van der Waals surface area contributed by atoms with Crippen LogP contribution in [-0.4, -0.2) is 28.2 Å². The molecule has 1 heterocycles. The van der Waals surface area contributed by atoms with E-state index in [1.807, 2.05) is 17.2 Å². The van der Waals surface area contributed by atoms with Crippen molar-refractivity contribution < 1.29 is 4.74 Å². The molecule has 0 bridgehead atoms. The van der Waals surface area contributed by atoms with Crippen molar-refractivity contribution in [2.24, 2.45) is 52.8 Å². The molecule has 1 aromatic rings. The van der Waals surface area contributed by atoms with Gasteiger partial charge in [0.05, 0.1) is 18.9 Å². The van der Waals surface area contributed by atoms with Crippen molar-refractivity contribution in [1.29, 1.82) is 0 Å². The van der Waals surface area contributed by atoms with Gasteiger partial charge < -0.3 is 4.74 Å². The Balaban J connectivity index is 1.25. The van der Waals surface area contributed by atoms with Crippen LogP contribution in [-0.2, 0) is 11.3 Å². The quantitative estimate of drug-likeness (QED) is 0.588. The normalized spacial score (nSPS) is 44.2. The van der Waals surface area contributed by atoms with Crippen LogP contribution >= 0.6 is 0 Å². The van der Waals surface area contributed by atoms with E-state index in [2.05, 4.69) is 31.0 Å². The van der Waals surface area contributed by atoms with Crippen molar-refractivity contribution in [3.8, 4) is 0 Å². The van der Waals surface area contributed by atoms with Crippen LogP contribution in [0.3, 0.4) is 0 Å². The molecule has 168 valence electrons. The molecule has 4 aliphatic carbocycles. The number of nitrogens with zero attached hydrogens (tertiary/aromatic N) is 3. The Morgan fingerprint density at radius 3 is 2.60 bits per heavy atom. The molecule has 0 saturated heterocycles. The molecule has 9 atom stereocenters. The highest BCUT2D eigenvalue weighted by Gasteiger charge is 2.57. The van der Waals surface area contributed by atoms with Gasteiger partial charge in [0.2, 0.25) is 0 Å². The van der Waals surface area contributed by atoms with Crippen molar-refractivity contribution in [3.63, 3.8) is 0 Å². The first-order valence-electron chi connectivity index (χ1n) is 13.0. The lowest BCUT2D eigenvalue weighted by atomic mass is 9.49. The Morgan fingerprint density at radius 2 is 1.80 bits per heavy atom.